The average molecular weight is 431 g/mol. The number of rotatable bonds is 8. The zero-order chi connectivity index (χ0) is 23.1. The number of amides is 2. The van der Waals surface area contributed by atoms with Gasteiger partial charge >= 0.3 is 0 Å². The van der Waals surface area contributed by atoms with Crippen molar-refractivity contribution in [2.75, 3.05) is 12.4 Å². The van der Waals surface area contributed by atoms with E-state index in [1.165, 1.54) is 5.56 Å². The van der Waals surface area contributed by atoms with E-state index in [1.807, 2.05) is 37.3 Å². The van der Waals surface area contributed by atoms with E-state index in [9.17, 15) is 9.59 Å². The second-order valence-corrected chi connectivity index (χ2v) is 8.15. The normalized spacial score (nSPS) is 10.9. The predicted octanol–water partition coefficient (Wildman–Crippen LogP) is 4.41. The van der Waals surface area contributed by atoms with Crippen LogP contribution in [0.4, 0.5) is 5.69 Å². The minimum atomic E-state index is -0.280. The van der Waals surface area contributed by atoms with Gasteiger partial charge in [0.1, 0.15) is 0 Å². The molecule has 6 nitrogen and oxygen atoms in total. The Balaban J connectivity index is 1.76. The highest BCUT2D eigenvalue weighted by Crippen LogP contribution is 2.22. The van der Waals surface area contributed by atoms with Crippen LogP contribution in [0.2, 0.25) is 0 Å². The maximum Gasteiger partial charge on any atom is 0.255 e. The summed E-state index contributed by atoms with van der Waals surface area (Å²) in [7, 11) is 2.09. The zero-order valence-corrected chi connectivity index (χ0v) is 19.1. The molecule has 0 aliphatic rings. The third kappa shape index (κ3) is 5.80. The molecule has 0 atom stereocenters. The fourth-order valence-corrected chi connectivity index (χ4v) is 3.32. The highest BCUT2D eigenvalue weighted by atomic mass is 16.2. The van der Waals surface area contributed by atoms with E-state index >= 15 is 0 Å². The summed E-state index contributed by atoms with van der Waals surface area (Å²) in [4.78, 5) is 31.9. The minimum absolute atomic E-state index is 0.231. The fraction of sp³-hybridized carbons (Fsp3) is 0.269. The number of para-hydroxylation sites is 1. The number of carbonyl (C=O) groups excluding carboxylic acids is 2. The molecule has 0 fully saturated rings. The third-order valence-corrected chi connectivity index (χ3v) is 5.56. The number of anilines is 1. The lowest BCUT2D eigenvalue weighted by Crippen LogP contribution is -2.28. The Morgan fingerprint density at radius 2 is 1.62 bits per heavy atom. The summed E-state index contributed by atoms with van der Waals surface area (Å²) < 4.78 is 0. The molecular weight excluding hydrogens is 400 g/mol. The highest BCUT2D eigenvalue weighted by molar-refractivity contribution is 6.09. The van der Waals surface area contributed by atoms with Crippen LogP contribution < -0.4 is 10.6 Å². The van der Waals surface area contributed by atoms with Gasteiger partial charge in [-0.2, -0.15) is 0 Å². The molecule has 1 aromatic heterocycles. The highest BCUT2D eigenvalue weighted by Gasteiger charge is 2.17. The average Bonchev–Trinajstić information content (AvgIpc) is 2.80. The van der Waals surface area contributed by atoms with Gasteiger partial charge in [0, 0.05) is 37.1 Å². The van der Waals surface area contributed by atoms with E-state index in [0.717, 1.165) is 17.7 Å². The van der Waals surface area contributed by atoms with Crippen LogP contribution in [0.5, 0.6) is 0 Å². The van der Waals surface area contributed by atoms with Crippen molar-refractivity contribution in [3.63, 3.8) is 0 Å². The van der Waals surface area contributed by atoms with Gasteiger partial charge in [-0.1, -0.05) is 36.4 Å². The molecular formula is C26H30N4O2. The van der Waals surface area contributed by atoms with Gasteiger partial charge in [0.05, 0.1) is 11.3 Å². The number of benzene rings is 2. The third-order valence-electron chi connectivity index (χ3n) is 5.56. The van der Waals surface area contributed by atoms with E-state index in [0.29, 0.717) is 29.4 Å². The smallest absolute Gasteiger partial charge is 0.255 e. The van der Waals surface area contributed by atoms with Crippen LogP contribution in [-0.4, -0.2) is 34.8 Å². The molecule has 2 aromatic carbocycles. The van der Waals surface area contributed by atoms with Crippen molar-refractivity contribution >= 4 is 17.5 Å². The van der Waals surface area contributed by atoms with Gasteiger partial charge in [-0.05, 0) is 62.7 Å². The van der Waals surface area contributed by atoms with Crippen molar-refractivity contribution in [3.8, 4) is 0 Å². The Bertz CT molecular complexity index is 1080. The van der Waals surface area contributed by atoms with E-state index in [2.05, 4.69) is 47.5 Å². The Morgan fingerprint density at radius 3 is 2.31 bits per heavy atom. The van der Waals surface area contributed by atoms with E-state index in [-0.39, 0.29) is 11.8 Å². The first-order valence-electron chi connectivity index (χ1n) is 10.7. The molecule has 0 saturated heterocycles. The summed E-state index contributed by atoms with van der Waals surface area (Å²) in [5.41, 5.74) is 4.50. The van der Waals surface area contributed by atoms with Crippen LogP contribution in [0.1, 0.15) is 51.3 Å². The van der Waals surface area contributed by atoms with Crippen molar-refractivity contribution in [2.45, 2.75) is 39.9 Å². The molecule has 2 N–H and O–H groups in total. The molecule has 0 spiro atoms. The number of carbonyl (C=O) groups is 2. The SMILES string of the molecule is Cc1cccc(C(=O)NCc2ccccc2CN(C)C(C)C)c1NC(=O)c1ccncc1. The van der Waals surface area contributed by atoms with Crippen molar-refractivity contribution in [3.05, 3.63) is 94.8 Å². The van der Waals surface area contributed by atoms with Crippen LogP contribution in [0.15, 0.2) is 67.0 Å². The Morgan fingerprint density at radius 1 is 0.938 bits per heavy atom. The topological polar surface area (TPSA) is 74.3 Å². The summed E-state index contributed by atoms with van der Waals surface area (Å²) in [6.45, 7) is 7.40. The van der Waals surface area contributed by atoms with Crippen LogP contribution in [0, 0.1) is 6.92 Å². The van der Waals surface area contributed by atoms with Gasteiger partial charge in [-0.3, -0.25) is 19.5 Å². The first-order chi connectivity index (χ1) is 15.4. The number of hydrogen-bond acceptors (Lipinski definition) is 4. The maximum absolute atomic E-state index is 13.1. The Kier molecular flexibility index (Phi) is 7.73. The maximum atomic E-state index is 13.1. The van der Waals surface area contributed by atoms with Crippen molar-refractivity contribution < 1.29 is 9.59 Å². The molecule has 3 aromatic rings. The van der Waals surface area contributed by atoms with Gasteiger partial charge in [0.2, 0.25) is 0 Å². The summed E-state index contributed by atoms with van der Waals surface area (Å²) in [5, 5.41) is 5.91. The lowest BCUT2D eigenvalue weighted by Gasteiger charge is -2.22. The number of nitrogens with one attached hydrogen (secondary N) is 2. The van der Waals surface area contributed by atoms with Gasteiger partial charge < -0.3 is 10.6 Å². The number of pyridine rings is 1. The van der Waals surface area contributed by atoms with Gasteiger partial charge in [-0.25, -0.2) is 0 Å². The molecule has 6 heteroatoms. The predicted molar refractivity (Wildman–Crippen MR) is 128 cm³/mol. The second-order valence-electron chi connectivity index (χ2n) is 8.15. The lowest BCUT2D eigenvalue weighted by molar-refractivity contribution is 0.0951. The standard InChI is InChI=1S/C26H30N4O2/c1-18(2)30(4)17-22-10-6-5-9-21(22)16-28-26(32)23-11-7-8-19(3)24(23)29-25(31)20-12-14-27-15-13-20/h5-15,18H,16-17H2,1-4H3,(H,28,32)(H,29,31). The van der Waals surface area contributed by atoms with E-state index in [4.69, 9.17) is 0 Å². The van der Waals surface area contributed by atoms with Crippen LogP contribution >= 0.6 is 0 Å². The monoisotopic (exact) mass is 430 g/mol. The number of hydrogen-bond donors (Lipinski definition) is 2. The van der Waals surface area contributed by atoms with E-state index in [1.54, 1.807) is 30.6 Å². The van der Waals surface area contributed by atoms with Crippen LogP contribution in [0.3, 0.4) is 0 Å². The molecule has 1 heterocycles. The Hall–Kier alpha value is -3.51. The van der Waals surface area contributed by atoms with Crippen LogP contribution in [0.25, 0.3) is 0 Å². The van der Waals surface area contributed by atoms with Crippen molar-refractivity contribution in [1.82, 2.24) is 15.2 Å². The molecule has 166 valence electrons. The second kappa shape index (κ2) is 10.7. The molecule has 0 aliphatic carbocycles. The number of aryl methyl sites for hydroxylation is 1. The fourth-order valence-electron chi connectivity index (χ4n) is 3.32. The molecule has 0 aliphatic heterocycles. The van der Waals surface area contributed by atoms with Gasteiger partial charge in [0.25, 0.3) is 11.8 Å². The molecule has 2 amide bonds. The minimum Gasteiger partial charge on any atom is -0.348 e. The van der Waals surface area contributed by atoms with Gasteiger partial charge in [0.15, 0.2) is 0 Å². The molecule has 3 rings (SSSR count). The zero-order valence-electron chi connectivity index (χ0n) is 19.1. The molecule has 0 unspecified atom stereocenters. The first-order valence-corrected chi connectivity index (χ1v) is 10.7. The van der Waals surface area contributed by atoms with Crippen molar-refractivity contribution in [1.29, 1.82) is 0 Å². The number of aromatic nitrogens is 1. The van der Waals surface area contributed by atoms with Crippen LogP contribution in [-0.2, 0) is 13.1 Å². The summed E-state index contributed by atoms with van der Waals surface area (Å²) in [6, 6.07) is 17.2. The number of nitrogens with zero attached hydrogens (tertiary/aromatic N) is 2. The van der Waals surface area contributed by atoms with Crippen molar-refractivity contribution in [2.24, 2.45) is 0 Å². The first kappa shape index (κ1) is 23.2. The summed E-state index contributed by atoms with van der Waals surface area (Å²) in [5.74, 6) is -0.511. The largest absolute Gasteiger partial charge is 0.348 e. The summed E-state index contributed by atoms with van der Waals surface area (Å²) >= 11 is 0. The van der Waals surface area contributed by atoms with E-state index < -0.39 is 0 Å². The quantitative estimate of drug-likeness (QED) is 0.555. The lowest BCUT2D eigenvalue weighted by atomic mass is 10.0. The summed E-state index contributed by atoms with van der Waals surface area (Å²) in [6.07, 6.45) is 3.13. The molecule has 0 bridgehead atoms. The van der Waals surface area contributed by atoms with Gasteiger partial charge in [-0.15, -0.1) is 0 Å². The molecule has 32 heavy (non-hydrogen) atoms. The molecule has 0 radical (unpaired) electrons. The molecule has 0 saturated carbocycles. The Labute approximate surface area is 189 Å².